The molecule has 0 aliphatic heterocycles. The molecule has 1 atom stereocenters. The summed E-state index contributed by atoms with van der Waals surface area (Å²) in [7, 11) is 0.944. The third kappa shape index (κ3) is 19.5. The molecule has 0 aromatic carbocycles. The summed E-state index contributed by atoms with van der Waals surface area (Å²) in [6.45, 7) is 2.32. The van der Waals surface area contributed by atoms with E-state index in [2.05, 4.69) is 31.2 Å². The number of allylic oxidation sites excluding steroid dienone is 4. The zero-order chi connectivity index (χ0) is 25.1. The van der Waals surface area contributed by atoms with Gasteiger partial charge in [-0.15, -0.1) is 0 Å². The Kier molecular flexibility index (Phi) is 18.6. The second-order valence-electron chi connectivity index (χ2n) is 10.7. The van der Waals surface area contributed by atoms with E-state index in [4.69, 9.17) is 0 Å². The molecule has 0 saturated heterocycles. The van der Waals surface area contributed by atoms with Gasteiger partial charge in [-0.3, -0.25) is 4.57 Å². The average molecular weight is 489 g/mol. The van der Waals surface area contributed by atoms with Crippen LogP contribution in [0.1, 0.15) is 116 Å². The topological polar surface area (TPSA) is 77.8 Å². The maximum atomic E-state index is 11.8. The highest BCUT2D eigenvalue weighted by Gasteiger charge is 2.48. The summed E-state index contributed by atoms with van der Waals surface area (Å²) in [6, 6.07) is 0. The van der Waals surface area contributed by atoms with Crippen molar-refractivity contribution >= 4 is 7.60 Å². The Labute approximate surface area is 205 Å². The van der Waals surface area contributed by atoms with E-state index < -0.39 is 12.9 Å². The molecule has 0 spiro atoms. The van der Waals surface area contributed by atoms with Gasteiger partial charge in [0.2, 0.25) is 5.34 Å². The Balaban J connectivity index is 3.68. The molecule has 5 nitrogen and oxygen atoms in total. The lowest BCUT2D eigenvalue weighted by atomic mass is 10.1. The van der Waals surface area contributed by atoms with Gasteiger partial charge in [0.1, 0.15) is 6.54 Å². The van der Waals surface area contributed by atoms with Crippen LogP contribution < -0.4 is 0 Å². The second-order valence-corrected chi connectivity index (χ2v) is 12.6. The van der Waals surface area contributed by atoms with Crippen LogP contribution in [0.4, 0.5) is 0 Å². The zero-order valence-electron chi connectivity index (χ0n) is 22.2. The maximum absolute atomic E-state index is 11.8. The summed E-state index contributed by atoms with van der Waals surface area (Å²) in [6.07, 6.45) is 28.4. The summed E-state index contributed by atoms with van der Waals surface area (Å²) in [5.74, 6) is 0. The molecule has 1 unspecified atom stereocenters. The van der Waals surface area contributed by atoms with Crippen LogP contribution in [0.5, 0.6) is 0 Å². The standard InChI is InChI=1S/C27H54NO4P/c1-5-6-7-8-9-10-11-12-13-14-15-16-17-18-19-20-21-22-23-24-25-27(29,33(30,31)32)26-28(2,3)4/h14-15,18-19,29H,5-13,16-17,20-26H2,1-4H3,(H-,30,31,32)/p+1/b15-14-,19-18-. The lowest BCUT2D eigenvalue weighted by molar-refractivity contribution is -0.875. The Bertz CT molecular complexity index is 565. The maximum Gasteiger partial charge on any atom is 0.362 e. The van der Waals surface area contributed by atoms with Crippen molar-refractivity contribution in [2.24, 2.45) is 0 Å². The quantitative estimate of drug-likeness (QED) is 0.0645. The van der Waals surface area contributed by atoms with Gasteiger partial charge in [0.15, 0.2) is 0 Å². The van der Waals surface area contributed by atoms with Gasteiger partial charge >= 0.3 is 7.60 Å². The molecular weight excluding hydrogens is 433 g/mol. The molecule has 0 amide bonds. The van der Waals surface area contributed by atoms with Crippen LogP contribution in [-0.2, 0) is 4.57 Å². The Morgan fingerprint density at radius 1 is 0.667 bits per heavy atom. The summed E-state index contributed by atoms with van der Waals surface area (Å²) >= 11 is 0. The molecule has 196 valence electrons. The van der Waals surface area contributed by atoms with E-state index in [0.717, 1.165) is 38.5 Å². The minimum atomic E-state index is -4.56. The number of likely N-dealkylation sites (N-methyl/N-ethyl adjacent to an activating group) is 1. The molecule has 0 fully saturated rings. The lowest BCUT2D eigenvalue weighted by Gasteiger charge is -2.35. The van der Waals surface area contributed by atoms with Gasteiger partial charge in [-0.25, -0.2) is 0 Å². The van der Waals surface area contributed by atoms with Gasteiger partial charge in [0.05, 0.1) is 21.1 Å². The Hall–Kier alpha value is -0.450. The molecule has 0 radical (unpaired) electrons. The van der Waals surface area contributed by atoms with E-state index in [9.17, 15) is 19.5 Å². The van der Waals surface area contributed by atoms with Crippen molar-refractivity contribution in [3.05, 3.63) is 24.3 Å². The molecule has 0 rings (SSSR count). The fraction of sp³-hybridized carbons (Fsp3) is 0.852. The molecule has 0 saturated carbocycles. The largest absolute Gasteiger partial charge is 0.373 e. The van der Waals surface area contributed by atoms with Crippen LogP contribution in [0.15, 0.2) is 24.3 Å². The van der Waals surface area contributed by atoms with Crippen molar-refractivity contribution in [3.63, 3.8) is 0 Å². The first-order chi connectivity index (χ1) is 15.5. The summed E-state index contributed by atoms with van der Waals surface area (Å²) < 4.78 is 12.1. The van der Waals surface area contributed by atoms with Crippen LogP contribution in [0.2, 0.25) is 0 Å². The number of hydrogen-bond acceptors (Lipinski definition) is 2. The van der Waals surface area contributed by atoms with Crippen molar-refractivity contribution in [1.29, 1.82) is 0 Å². The predicted molar refractivity (Wildman–Crippen MR) is 142 cm³/mol. The van der Waals surface area contributed by atoms with Gasteiger partial charge < -0.3 is 19.4 Å². The van der Waals surface area contributed by atoms with Crippen molar-refractivity contribution in [2.75, 3.05) is 27.7 Å². The lowest BCUT2D eigenvalue weighted by Crippen LogP contribution is -2.49. The second kappa shape index (κ2) is 18.8. The van der Waals surface area contributed by atoms with Gasteiger partial charge in [-0.05, 0) is 51.4 Å². The first-order valence-electron chi connectivity index (χ1n) is 13.4. The summed E-state index contributed by atoms with van der Waals surface area (Å²) in [5.41, 5.74) is 0. The minimum Gasteiger partial charge on any atom is -0.373 e. The first-order valence-corrected chi connectivity index (χ1v) is 15.0. The highest BCUT2D eigenvalue weighted by molar-refractivity contribution is 7.53. The van der Waals surface area contributed by atoms with Crippen molar-refractivity contribution in [2.45, 2.75) is 121 Å². The molecule has 0 bridgehead atoms. The van der Waals surface area contributed by atoms with Crippen molar-refractivity contribution in [1.82, 2.24) is 0 Å². The molecule has 0 aliphatic carbocycles. The number of aliphatic hydroxyl groups is 1. The fourth-order valence-corrected chi connectivity index (χ4v) is 5.22. The molecule has 3 N–H and O–H groups in total. The van der Waals surface area contributed by atoms with Crippen LogP contribution in [0.3, 0.4) is 0 Å². The van der Waals surface area contributed by atoms with E-state index in [1.54, 1.807) is 0 Å². The minimum absolute atomic E-state index is 0.0492. The SMILES string of the molecule is CCCCCCCCCC/C=C\CC/C=C\CCCCCCC(O)(C[N+](C)(C)C)P(=O)(O)O. The number of hydrogen-bond donors (Lipinski definition) is 3. The highest BCUT2D eigenvalue weighted by Crippen LogP contribution is 2.52. The first kappa shape index (κ1) is 32.5. The van der Waals surface area contributed by atoms with Crippen LogP contribution in [0, 0.1) is 0 Å². The van der Waals surface area contributed by atoms with Gasteiger partial charge in [-0.2, -0.15) is 0 Å². The normalized spacial score (nSPS) is 15.0. The Morgan fingerprint density at radius 2 is 1.06 bits per heavy atom. The van der Waals surface area contributed by atoms with Gasteiger partial charge in [0, 0.05) is 0 Å². The zero-order valence-corrected chi connectivity index (χ0v) is 23.1. The molecule has 33 heavy (non-hydrogen) atoms. The molecule has 0 heterocycles. The third-order valence-corrected chi connectivity index (χ3v) is 7.47. The molecule has 0 aliphatic rings. The number of nitrogens with zero attached hydrogens (tertiary/aromatic N) is 1. The summed E-state index contributed by atoms with van der Waals surface area (Å²) in [4.78, 5) is 19.2. The van der Waals surface area contributed by atoms with E-state index in [0.29, 0.717) is 10.9 Å². The molecule has 0 aromatic heterocycles. The van der Waals surface area contributed by atoms with Crippen molar-refractivity contribution in [3.8, 4) is 0 Å². The number of unbranched alkanes of at least 4 members (excludes halogenated alkanes) is 13. The third-order valence-electron chi connectivity index (χ3n) is 6.03. The highest BCUT2D eigenvalue weighted by atomic mass is 31.2. The molecule has 6 heteroatoms. The Morgan fingerprint density at radius 3 is 1.48 bits per heavy atom. The monoisotopic (exact) mass is 488 g/mol. The smallest absolute Gasteiger partial charge is 0.362 e. The van der Waals surface area contributed by atoms with E-state index in [-0.39, 0.29) is 13.0 Å². The van der Waals surface area contributed by atoms with Crippen LogP contribution in [0.25, 0.3) is 0 Å². The average Bonchev–Trinajstić information content (AvgIpc) is 2.70. The van der Waals surface area contributed by atoms with Gasteiger partial charge in [-0.1, -0.05) is 89.0 Å². The van der Waals surface area contributed by atoms with Crippen molar-refractivity contribution < 1.29 is 23.9 Å². The number of quaternary nitrogens is 1. The van der Waals surface area contributed by atoms with E-state index >= 15 is 0 Å². The molecular formula is C27H55NO4P+. The van der Waals surface area contributed by atoms with Crippen LogP contribution >= 0.6 is 7.60 Å². The van der Waals surface area contributed by atoms with E-state index in [1.807, 2.05) is 21.1 Å². The van der Waals surface area contributed by atoms with Gasteiger partial charge in [0.25, 0.3) is 0 Å². The number of rotatable bonds is 22. The fourth-order valence-electron chi connectivity index (χ4n) is 4.16. The predicted octanol–water partition coefficient (Wildman–Crippen LogP) is 7.32. The van der Waals surface area contributed by atoms with E-state index in [1.165, 1.54) is 57.8 Å². The molecule has 0 aromatic rings. The summed E-state index contributed by atoms with van der Waals surface area (Å²) in [5, 5.41) is 8.62. The van der Waals surface area contributed by atoms with Crippen LogP contribution in [-0.4, -0.2) is 52.4 Å².